The van der Waals surface area contributed by atoms with Gasteiger partial charge in [-0.25, -0.2) is 9.67 Å². The molecule has 0 spiro atoms. The van der Waals surface area contributed by atoms with Crippen LogP contribution in [0, 0.1) is 0 Å². The molecule has 2 aromatic carbocycles. The number of halogens is 2. The van der Waals surface area contributed by atoms with Crippen molar-refractivity contribution in [3.05, 3.63) is 85.5 Å². The van der Waals surface area contributed by atoms with Crippen molar-refractivity contribution in [3.63, 3.8) is 0 Å². The molecule has 1 N–H and O–H groups in total. The molecule has 0 saturated carbocycles. The number of hydrogen-bond donors (Lipinski definition) is 1. The van der Waals surface area contributed by atoms with Crippen molar-refractivity contribution in [1.29, 1.82) is 0 Å². The first-order valence-electron chi connectivity index (χ1n) is 12.5. The Morgan fingerprint density at radius 2 is 1.61 bits per heavy atom. The lowest BCUT2D eigenvalue weighted by atomic mass is 10.0. The van der Waals surface area contributed by atoms with Crippen molar-refractivity contribution in [3.8, 4) is 17.1 Å². The van der Waals surface area contributed by atoms with Crippen LogP contribution in [0.2, 0.25) is 10.0 Å². The first-order valence-corrected chi connectivity index (χ1v) is 13.2. The first kappa shape index (κ1) is 27.8. The van der Waals surface area contributed by atoms with Gasteiger partial charge in [0.25, 0.3) is 5.56 Å². The Balaban J connectivity index is 1.61. The SMILES string of the molecule is CC(C)c1[nH]n(-c2c(Cl)cccc2Cl)c2nc(Cc3ccc(CC(=O)N(C)CCN(C)C)cc3)nc(=O)c1-2. The van der Waals surface area contributed by atoms with Crippen molar-refractivity contribution < 1.29 is 4.79 Å². The second kappa shape index (κ2) is 11.7. The van der Waals surface area contributed by atoms with Gasteiger partial charge < -0.3 is 9.80 Å². The van der Waals surface area contributed by atoms with E-state index in [1.807, 2.05) is 64.2 Å². The smallest absolute Gasteiger partial charge is 0.284 e. The van der Waals surface area contributed by atoms with E-state index in [4.69, 9.17) is 28.2 Å². The van der Waals surface area contributed by atoms with Gasteiger partial charge in [-0.15, -0.1) is 0 Å². The zero-order chi connectivity index (χ0) is 27.6. The average Bonchev–Trinajstić information content (AvgIpc) is 3.23. The van der Waals surface area contributed by atoms with E-state index in [0.29, 0.717) is 52.3 Å². The van der Waals surface area contributed by atoms with E-state index in [1.54, 1.807) is 27.8 Å². The molecule has 2 aromatic rings. The van der Waals surface area contributed by atoms with E-state index >= 15 is 0 Å². The highest BCUT2D eigenvalue weighted by atomic mass is 35.5. The number of aromatic amines is 1. The summed E-state index contributed by atoms with van der Waals surface area (Å²) in [6.07, 6.45) is 0.692. The van der Waals surface area contributed by atoms with Crippen LogP contribution in [-0.4, -0.2) is 69.7 Å². The molecule has 4 rings (SSSR count). The summed E-state index contributed by atoms with van der Waals surface area (Å²) in [4.78, 5) is 38.6. The maximum Gasteiger partial charge on any atom is 0.284 e. The van der Waals surface area contributed by atoms with Gasteiger partial charge in [0, 0.05) is 26.6 Å². The highest BCUT2D eigenvalue weighted by Gasteiger charge is 2.27. The number of amides is 1. The summed E-state index contributed by atoms with van der Waals surface area (Å²) in [6, 6.07) is 13.0. The fourth-order valence-corrected chi connectivity index (χ4v) is 4.77. The number of nitrogens with one attached hydrogen (secondary N) is 1. The molecule has 200 valence electrons. The largest absolute Gasteiger partial charge is 0.344 e. The summed E-state index contributed by atoms with van der Waals surface area (Å²) in [5, 5.41) is 4.15. The van der Waals surface area contributed by atoms with Crippen LogP contribution >= 0.6 is 23.2 Å². The van der Waals surface area contributed by atoms with Crippen molar-refractivity contribution in [2.75, 3.05) is 34.2 Å². The summed E-state index contributed by atoms with van der Waals surface area (Å²) in [6.45, 7) is 5.47. The van der Waals surface area contributed by atoms with Crippen LogP contribution in [0.1, 0.15) is 42.4 Å². The Morgan fingerprint density at radius 1 is 0.974 bits per heavy atom. The molecule has 0 aromatic heterocycles. The monoisotopic (exact) mass is 554 g/mol. The fraction of sp³-hybridized carbons (Fsp3) is 0.357. The maximum absolute atomic E-state index is 13.2. The van der Waals surface area contributed by atoms with Gasteiger partial charge in [-0.3, -0.25) is 14.7 Å². The number of fused-ring (bicyclic) bond motifs is 1. The van der Waals surface area contributed by atoms with E-state index in [1.165, 1.54) is 0 Å². The molecule has 0 atom stereocenters. The van der Waals surface area contributed by atoms with Gasteiger partial charge in [-0.2, -0.15) is 4.98 Å². The molecule has 38 heavy (non-hydrogen) atoms. The Labute approximate surface area is 232 Å². The zero-order valence-corrected chi connectivity index (χ0v) is 23.8. The number of aromatic nitrogens is 4. The molecule has 0 fully saturated rings. The number of hydrogen-bond acceptors (Lipinski definition) is 5. The second-order valence-electron chi connectivity index (χ2n) is 10.0. The number of carbonyl (C=O) groups is 1. The zero-order valence-electron chi connectivity index (χ0n) is 22.3. The number of carbonyl (C=O) groups excluding carboxylic acids is 1. The van der Waals surface area contributed by atoms with E-state index in [9.17, 15) is 9.59 Å². The van der Waals surface area contributed by atoms with E-state index in [2.05, 4.69) is 10.1 Å². The minimum absolute atomic E-state index is 0.0272. The number of H-pyrrole nitrogens is 1. The number of likely N-dealkylation sites (N-methyl/N-ethyl adjacent to an activating group) is 2. The minimum atomic E-state index is -0.352. The Morgan fingerprint density at radius 3 is 2.21 bits per heavy atom. The van der Waals surface area contributed by atoms with Crippen LogP contribution in [0.5, 0.6) is 0 Å². The van der Waals surface area contributed by atoms with Gasteiger partial charge >= 0.3 is 0 Å². The molecule has 0 radical (unpaired) electrons. The predicted octanol–water partition coefficient (Wildman–Crippen LogP) is 4.64. The van der Waals surface area contributed by atoms with Gasteiger partial charge in [0.2, 0.25) is 5.91 Å². The van der Waals surface area contributed by atoms with Crippen LogP contribution in [0.15, 0.2) is 47.3 Å². The Bertz CT molecular complexity index is 1440. The summed E-state index contributed by atoms with van der Waals surface area (Å²) >= 11 is 13.0. The third kappa shape index (κ3) is 6.09. The molecule has 10 heteroatoms. The lowest BCUT2D eigenvalue weighted by molar-refractivity contribution is -0.129. The highest BCUT2D eigenvalue weighted by molar-refractivity contribution is 6.37. The molecule has 0 aliphatic carbocycles. The molecule has 0 bridgehead atoms. The number of para-hydroxylation sites is 1. The lowest BCUT2D eigenvalue weighted by Gasteiger charge is -2.19. The molecule has 2 aliphatic rings. The van der Waals surface area contributed by atoms with Crippen molar-refractivity contribution in [2.24, 2.45) is 0 Å². The quantitative estimate of drug-likeness (QED) is 0.325. The van der Waals surface area contributed by atoms with Crippen LogP contribution < -0.4 is 5.56 Å². The molecule has 1 amide bonds. The van der Waals surface area contributed by atoms with Crippen LogP contribution in [-0.2, 0) is 17.6 Å². The topological polar surface area (TPSA) is 87.1 Å². The second-order valence-corrected chi connectivity index (χ2v) is 10.8. The summed E-state index contributed by atoms with van der Waals surface area (Å²) in [7, 11) is 5.79. The van der Waals surface area contributed by atoms with Crippen molar-refractivity contribution in [1.82, 2.24) is 29.5 Å². The van der Waals surface area contributed by atoms with Crippen molar-refractivity contribution in [2.45, 2.75) is 32.6 Å². The molecule has 2 aliphatic heterocycles. The van der Waals surface area contributed by atoms with Crippen molar-refractivity contribution >= 4 is 29.1 Å². The average molecular weight is 556 g/mol. The lowest BCUT2D eigenvalue weighted by Crippen LogP contribution is -2.34. The third-order valence-electron chi connectivity index (χ3n) is 6.40. The van der Waals surface area contributed by atoms with E-state index in [0.717, 1.165) is 23.4 Å². The molecular weight excluding hydrogens is 523 g/mol. The van der Waals surface area contributed by atoms with E-state index < -0.39 is 0 Å². The predicted molar refractivity (Wildman–Crippen MR) is 152 cm³/mol. The first-order chi connectivity index (χ1) is 18.0. The molecule has 8 nitrogen and oxygen atoms in total. The van der Waals surface area contributed by atoms with Gasteiger partial charge in [0.1, 0.15) is 17.1 Å². The fourth-order valence-electron chi connectivity index (χ4n) is 4.20. The third-order valence-corrected chi connectivity index (χ3v) is 7.01. The number of nitrogens with zero attached hydrogens (tertiary/aromatic N) is 5. The standard InChI is InChI=1S/C28H32Cl2N6O2/c1-17(2)25-24-27(36(33-25)26-20(29)7-6-8-21(26)30)31-22(32-28(24)38)15-18-9-11-19(12-10-18)16-23(37)35(5)14-13-34(3)4/h6-12,17,33H,13-16H2,1-5H3. The Hall–Kier alpha value is -3.20. The molecule has 0 saturated heterocycles. The highest BCUT2D eigenvalue weighted by Crippen LogP contribution is 2.34. The molecule has 2 heterocycles. The van der Waals surface area contributed by atoms with Gasteiger partial charge in [0.15, 0.2) is 5.82 Å². The minimum Gasteiger partial charge on any atom is -0.344 e. The van der Waals surface area contributed by atoms with Gasteiger partial charge in [-0.1, -0.05) is 67.4 Å². The maximum atomic E-state index is 13.2. The number of rotatable bonds is 9. The molecular formula is C28H32Cl2N6O2. The van der Waals surface area contributed by atoms with Crippen LogP contribution in [0.4, 0.5) is 0 Å². The normalized spacial score (nSPS) is 11.6. The van der Waals surface area contributed by atoms with Gasteiger partial charge in [-0.05, 0) is 43.3 Å². The Kier molecular flexibility index (Phi) is 8.55. The molecule has 0 unspecified atom stereocenters. The summed E-state index contributed by atoms with van der Waals surface area (Å²) in [5.41, 5.74) is 3.18. The van der Waals surface area contributed by atoms with Gasteiger partial charge in [0.05, 0.1) is 22.2 Å². The van der Waals surface area contributed by atoms with E-state index in [-0.39, 0.29) is 17.4 Å². The summed E-state index contributed by atoms with van der Waals surface area (Å²) < 4.78 is 1.67. The van der Waals surface area contributed by atoms with Crippen LogP contribution in [0.3, 0.4) is 0 Å². The van der Waals surface area contributed by atoms with Crippen LogP contribution in [0.25, 0.3) is 17.1 Å². The number of benzene rings is 2. The summed E-state index contributed by atoms with van der Waals surface area (Å²) in [5.74, 6) is 0.919.